The van der Waals surface area contributed by atoms with Crippen LogP contribution in [0.2, 0.25) is 10.0 Å². The highest BCUT2D eigenvalue weighted by molar-refractivity contribution is 6.34. The number of aryl methyl sites for hydroxylation is 2. The summed E-state index contributed by atoms with van der Waals surface area (Å²) >= 11 is 12.4. The molecule has 0 aliphatic heterocycles. The fourth-order valence-corrected chi connectivity index (χ4v) is 8.44. The molecule has 2 aliphatic rings. The van der Waals surface area contributed by atoms with Gasteiger partial charge in [-0.1, -0.05) is 35.3 Å². The van der Waals surface area contributed by atoms with Gasteiger partial charge in [0.15, 0.2) is 34.5 Å². The standard InChI is InChI=1S/C23H19ClF9N5O2.C22H17ClF9N5O2/c1-3-37(13-5-6-13)19(39)14-8-11(4-7-15(14)24)12-9-34-38(10-12)18-16(40-20(25)26)17(35-36(18)2)21(27,22(28,29)30)23(31,32)33;1-35(12-4-5-12)18(38)13-7-10(3-6-14(13)23)11-8-33-37(9-11)17-15(39-19(24)25)16(34-36(17)2)20(26,21(27,28)29)22(30,31)32/h4,7-10,13,20H,3,5-6H2,1-2H3;3,6-9,12,19H,4-5H2,1-2H3. The van der Waals surface area contributed by atoms with E-state index in [2.05, 4.69) is 29.9 Å². The molecule has 14 nitrogen and oxygen atoms in total. The zero-order chi connectivity index (χ0) is 58.9. The van der Waals surface area contributed by atoms with Crippen LogP contribution in [-0.2, 0) is 25.4 Å². The maximum Gasteiger partial charge on any atom is 0.437 e. The molecule has 6 aromatic rings. The van der Waals surface area contributed by atoms with Crippen molar-refractivity contribution < 1.29 is 98.1 Å². The second-order valence-corrected chi connectivity index (χ2v) is 18.3. The number of ether oxygens (including phenoxy) is 2. The largest absolute Gasteiger partial charge is 0.437 e. The van der Waals surface area contributed by atoms with E-state index >= 15 is 0 Å². The quantitative estimate of drug-likeness (QED) is 0.0929. The van der Waals surface area contributed by atoms with Gasteiger partial charge in [0, 0.05) is 63.3 Å². The van der Waals surface area contributed by atoms with Crippen molar-refractivity contribution in [3.63, 3.8) is 0 Å². The highest BCUT2D eigenvalue weighted by Crippen LogP contribution is 2.57. The molecule has 0 bridgehead atoms. The lowest BCUT2D eigenvalue weighted by Gasteiger charge is -2.28. The van der Waals surface area contributed by atoms with Gasteiger partial charge in [0.2, 0.25) is 0 Å². The summed E-state index contributed by atoms with van der Waals surface area (Å²) in [6.45, 7) is -5.67. The van der Waals surface area contributed by atoms with Crippen molar-refractivity contribution in [2.75, 3.05) is 13.6 Å². The monoisotopic (exact) mass is 1190 g/mol. The number of carbonyl (C=O) groups excluding carboxylic acids is 2. The number of hydrogen-bond acceptors (Lipinski definition) is 8. The van der Waals surface area contributed by atoms with E-state index in [-0.39, 0.29) is 60.9 Å². The average Bonchev–Trinajstić information content (AvgIpc) is 4.36. The Balaban J connectivity index is 0.000000229. The molecule has 34 heteroatoms. The van der Waals surface area contributed by atoms with E-state index in [1.807, 2.05) is 0 Å². The number of aromatic nitrogens is 8. The second kappa shape index (κ2) is 21.3. The molecule has 0 unspecified atom stereocenters. The number of halogens is 20. The molecule has 0 saturated heterocycles. The van der Waals surface area contributed by atoms with E-state index < -0.39 is 83.8 Å². The third kappa shape index (κ3) is 11.3. The first-order valence-electron chi connectivity index (χ1n) is 22.5. The van der Waals surface area contributed by atoms with Gasteiger partial charge in [0.25, 0.3) is 11.8 Å². The van der Waals surface area contributed by atoms with Gasteiger partial charge in [0.1, 0.15) is 0 Å². The summed E-state index contributed by atoms with van der Waals surface area (Å²) in [4.78, 5) is 29.0. The van der Waals surface area contributed by atoms with Crippen molar-refractivity contribution in [3.8, 4) is 45.4 Å². The first kappa shape index (κ1) is 59.8. The Morgan fingerprint density at radius 2 is 0.949 bits per heavy atom. The van der Waals surface area contributed by atoms with Crippen LogP contribution >= 0.6 is 23.2 Å². The lowest BCUT2D eigenvalue weighted by atomic mass is 9.99. The predicted molar refractivity (Wildman–Crippen MR) is 239 cm³/mol. The lowest BCUT2D eigenvalue weighted by molar-refractivity contribution is -0.351. The first-order chi connectivity index (χ1) is 36.5. The number of rotatable bonds is 15. The van der Waals surface area contributed by atoms with Crippen molar-refractivity contribution in [1.29, 1.82) is 0 Å². The fourth-order valence-electron chi connectivity index (χ4n) is 8.04. The van der Waals surface area contributed by atoms with Gasteiger partial charge >= 0.3 is 49.3 Å². The van der Waals surface area contributed by atoms with Crippen molar-refractivity contribution in [1.82, 2.24) is 48.9 Å². The van der Waals surface area contributed by atoms with Crippen LogP contribution in [0.4, 0.5) is 79.0 Å². The zero-order valence-corrected chi connectivity index (χ0v) is 41.8. The third-order valence-corrected chi connectivity index (χ3v) is 12.9. The number of amides is 2. The number of hydrogen-bond donors (Lipinski definition) is 0. The Hall–Kier alpha value is -6.86. The molecule has 0 N–H and O–H groups in total. The van der Waals surface area contributed by atoms with Crippen molar-refractivity contribution in [2.24, 2.45) is 14.1 Å². The maximum atomic E-state index is 14.8. The predicted octanol–water partition coefficient (Wildman–Crippen LogP) is 12.5. The van der Waals surface area contributed by atoms with Gasteiger partial charge in [0.05, 0.1) is 33.6 Å². The van der Waals surface area contributed by atoms with Gasteiger partial charge in [-0.25, -0.2) is 27.5 Å². The third-order valence-electron chi connectivity index (χ3n) is 12.2. The number of nitrogens with zero attached hydrogens (tertiary/aromatic N) is 10. The second-order valence-electron chi connectivity index (χ2n) is 17.5. The molecule has 0 radical (unpaired) electrons. The lowest BCUT2D eigenvalue weighted by Crippen LogP contribution is -2.51. The van der Waals surface area contributed by atoms with E-state index in [1.165, 1.54) is 41.3 Å². The topological polar surface area (TPSA) is 130 Å². The molecule has 4 heterocycles. The summed E-state index contributed by atoms with van der Waals surface area (Å²) in [5.74, 6) is -6.29. The Labute approximate surface area is 441 Å². The molecule has 430 valence electrons. The van der Waals surface area contributed by atoms with Gasteiger partial charge in [-0.3, -0.25) is 9.59 Å². The van der Waals surface area contributed by atoms with Crippen molar-refractivity contribution >= 4 is 35.0 Å². The van der Waals surface area contributed by atoms with Gasteiger partial charge in [-0.15, -0.1) is 0 Å². The summed E-state index contributed by atoms with van der Waals surface area (Å²) in [7, 11) is 3.18. The minimum atomic E-state index is -6.63. The molecular weight excluding hydrogens is 1160 g/mol. The van der Waals surface area contributed by atoms with Crippen LogP contribution in [0.5, 0.6) is 11.5 Å². The summed E-state index contributed by atoms with van der Waals surface area (Å²) < 4.78 is 252. The number of benzene rings is 2. The molecule has 0 atom stereocenters. The van der Waals surface area contributed by atoms with Crippen LogP contribution in [0.15, 0.2) is 61.2 Å². The van der Waals surface area contributed by atoms with E-state index in [4.69, 9.17) is 23.2 Å². The van der Waals surface area contributed by atoms with E-state index in [9.17, 15) is 88.6 Å². The Morgan fingerprint density at radius 1 is 0.595 bits per heavy atom. The van der Waals surface area contributed by atoms with Crippen LogP contribution < -0.4 is 9.47 Å². The summed E-state index contributed by atoms with van der Waals surface area (Å²) in [6, 6.07) is 8.62. The minimum absolute atomic E-state index is 0.0586. The molecule has 2 saturated carbocycles. The van der Waals surface area contributed by atoms with Gasteiger partial charge < -0.3 is 19.3 Å². The zero-order valence-electron chi connectivity index (χ0n) is 40.3. The molecule has 2 aromatic carbocycles. The van der Waals surface area contributed by atoms with Crippen molar-refractivity contribution in [3.05, 3.63) is 93.7 Å². The molecular formula is C45H36Cl2F18N10O4. The summed E-state index contributed by atoms with van der Waals surface area (Å²) in [6.07, 6.45) is -19.0. The number of carbonyl (C=O) groups is 2. The van der Waals surface area contributed by atoms with E-state index in [0.29, 0.717) is 31.7 Å². The Kier molecular flexibility index (Phi) is 16.1. The molecule has 79 heavy (non-hydrogen) atoms. The van der Waals surface area contributed by atoms with Crippen LogP contribution in [0.25, 0.3) is 33.9 Å². The van der Waals surface area contributed by atoms with Crippen molar-refractivity contribution in [2.45, 2.75) is 94.0 Å². The van der Waals surface area contributed by atoms with Gasteiger partial charge in [-0.2, -0.15) is 90.6 Å². The van der Waals surface area contributed by atoms with Crippen LogP contribution in [0.1, 0.15) is 64.7 Å². The van der Waals surface area contributed by atoms with Gasteiger partial charge in [-0.05, 0) is 68.0 Å². The summed E-state index contributed by atoms with van der Waals surface area (Å²) in [5.41, 5.74) is -16.1. The highest BCUT2D eigenvalue weighted by Gasteiger charge is 2.77. The number of alkyl halides is 18. The SMILES string of the molecule is CCN(C(=O)c1cc(-c2cnn(-c3c(OC(F)F)c(C(F)(C(F)(F)F)C(F)(F)F)nn3C)c2)ccc1Cl)C1CC1.CN(C(=O)c1cc(-c2cnn(-c3c(OC(F)F)c(C(F)(C(F)(F)F)C(F)(F)F)nn3C)c2)ccc1Cl)C1CC1. The Bertz CT molecular complexity index is 3200. The normalized spacial score (nSPS) is 14.7. The smallest absolute Gasteiger partial charge is 0.429 e. The van der Waals surface area contributed by atoms with Crippen LogP contribution in [0.3, 0.4) is 0 Å². The molecule has 0 spiro atoms. The van der Waals surface area contributed by atoms with E-state index in [1.54, 1.807) is 18.9 Å². The molecule has 2 fully saturated rings. The maximum absolute atomic E-state index is 14.8. The Morgan fingerprint density at radius 3 is 1.27 bits per heavy atom. The van der Waals surface area contributed by atoms with E-state index in [0.717, 1.165) is 64.6 Å². The van der Waals surface area contributed by atoms with Crippen LogP contribution in [-0.4, -0.2) is 124 Å². The molecule has 2 aliphatic carbocycles. The molecule has 4 aromatic heterocycles. The first-order valence-corrected chi connectivity index (χ1v) is 23.2. The molecule has 2 amide bonds. The average molecular weight is 1190 g/mol. The molecule has 8 rings (SSSR count). The van der Waals surface area contributed by atoms with Crippen LogP contribution in [0, 0.1) is 0 Å². The summed E-state index contributed by atoms with van der Waals surface area (Å²) in [5, 5.41) is 13.7. The minimum Gasteiger partial charge on any atom is -0.429 e. The highest BCUT2D eigenvalue weighted by atomic mass is 35.5. The fraction of sp³-hybridized carbons (Fsp3) is 0.422.